The van der Waals surface area contributed by atoms with Gasteiger partial charge in [-0.1, -0.05) is 38.1 Å². The molecule has 0 saturated carbocycles. The highest BCUT2D eigenvalue weighted by Crippen LogP contribution is 2.30. The zero-order valence-corrected chi connectivity index (χ0v) is 18.7. The summed E-state index contributed by atoms with van der Waals surface area (Å²) in [4.78, 5) is 0. The van der Waals surface area contributed by atoms with E-state index in [0.717, 1.165) is 35.7 Å². The molecule has 0 aliphatic heterocycles. The van der Waals surface area contributed by atoms with Gasteiger partial charge in [0.25, 0.3) is 0 Å². The number of benzene rings is 2. The van der Waals surface area contributed by atoms with E-state index in [9.17, 15) is 26.3 Å². The van der Waals surface area contributed by atoms with Crippen molar-refractivity contribution in [3.63, 3.8) is 0 Å². The number of nitrogens with zero attached hydrogens (tertiary/aromatic N) is 1. The van der Waals surface area contributed by atoms with Crippen LogP contribution in [0.15, 0.2) is 66.7 Å². The summed E-state index contributed by atoms with van der Waals surface area (Å²) >= 11 is 0. The van der Waals surface area contributed by atoms with Crippen LogP contribution in [-0.2, 0) is 18.9 Å². The summed E-state index contributed by atoms with van der Waals surface area (Å²) in [6.07, 6.45) is -1.60. The summed E-state index contributed by atoms with van der Waals surface area (Å²) in [5, 5.41) is 0. The lowest BCUT2D eigenvalue weighted by Crippen LogP contribution is -2.42. The second-order valence-corrected chi connectivity index (χ2v) is 8.29. The van der Waals surface area contributed by atoms with Gasteiger partial charge in [0.05, 0.1) is 11.1 Å². The average Bonchev–Trinajstić information content (AvgIpc) is 2.76. The lowest BCUT2D eigenvalue weighted by Gasteiger charge is -2.08. The minimum atomic E-state index is -4.38. The van der Waals surface area contributed by atoms with Gasteiger partial charge < -0.3 is 0 Å². The Kier molecular flexibility index (Phi) is 7.64. The van der Waals surface area contributed by atoms with Crippen molar-refractivity contribution in [1.29, 1.82) is 0 Å². The van der Waals surface area contributed by atoms with Crippen molar-refractivity contribution in [3.05, 3.63) is 100 Å². The van der Waals surface area contributed by atoms with Gasteiger partial charge in [-0.05, 0) is 53.6 Å². The average molecular weight is 476 g/mol. The molecular formula is C27H24F6N+. The van der Waals surface area contributed by atoms with Gasteiger partial charge >= 0.3 is 12.4 Å². The number of alkyl halides is 6. The van der Waals surface area contributed by atoms with Crippen LogP contribution in [-0.4, -0.2) is 0 Å². The maximum Gasteiger partial charge on any atom is 0.416 e. The fourth-order valence-electron chi connectivity index (χ4n) is 3.37. The molecule has 0 bridgehead atoms. The van der Waals surface area contributed by atoms with Crippen LogP contribution >= 0.6 is 0 Å². The minimum absolute atomic E-state index is 0.309. The summed E-state index contributed by atoms with van der Waals surface area (Å²) in [5.41, 5.74) is 1.57. The molecule has 0 atom stereocenters. The molecule has 0 fully saturated rings. The van der Waals surface area contributed by atoms with Crippen molar-refractivity contribution < 1.29 is 30.9 Å². The van der Waals surface area contributed by atoms with Gasteiger partial charge in [0, 0.05) is 30.2 Å². The minimum Gasteiger partial charge on any atom is -0.192 e. The third-order valence-electron chi connectivity index (χ3n) is 5.07. The molecule has 1 nitrogen and oxygen atoms in total. The number of pyridine rings is 1. The summed E-state index contributed by atoms with van der Waals surface area (Å²) in [5.74, 6) is 0.309. The van der Waals surface area contributed by atoms with Crippen LogP contribution in [0.3, 0.4) is 0 Å². The van der Waals surface area contributed by atoms with Gasteiger partial charge in [-0.15, -0.1) is 0 Å². The predicted octanol–water partition coefficient (Wildman–Crippen LogP) is 8.01. The monoisotopic (exact) mass is 476 g/mol. The fourth-order valence-corrected chi connectivity index (χ4v) is 3.37. The molecule has 0 aliphatic rings. The maximum absolute atomic E-state index is 12.8. The highest BCUT2D eigenvalue weighted by molar-refractivity contribution is 5.69. The van der Waals surface area contributed by atoms with Crippen LogP contribution in [0.25, 0.3) is 24.3 Å². The van der Waals surface area contributed by atoms with Gasteiger partial charge in [0.15, 0.2) is 6.54 Å². The molecule has 34 heavy (non-hydrogen) atoms. The van der Waals surface area contributed by atoms with E-state index in [-0.39, 0.29) is 0 Å². The van der Waals surface area contributed by atoms with Crippen molar-refractivity contribution in [2.75, 3.05) is 0 Å². The Morgan fingerprint density at radius 2 is 1.00 bits per heavy atom. The SMILES string of the molecule is CC(C)C[n+]1c(/C=C/c2ccc(C(F)(F)F)cc2)cccc1/C=C/c1ccc(C(F)(F)F)cc1. The van der Waals surface area contributed by atoms with Crippen molar-refractivity contribution in [1.82, 2.24) is 0 Å². The molecule has 178 valence electrons. The Morgan fingerprint density at radius 3 is 1.32 bits per heavy atom. The molecule has 0 aliphatic carbocycles. The highest BCUT2D eigenvalue weighted by Gasteiger charge is 2.30. The van der Waals surface area contributed by atoms with E-state index >= 15 is 0 Å². The molecule has 0 amide bonds. The molecule has 1 aromatic heterocycles. The molecule has 1 heterocycles. The first-order chi connectivity index (χ1) is 15.9. The maximum atomic E-state index is 12.8. The van der Waals surface area contributed by atoms with E-state index in [1.165, 1.54) is 24.3 Å². The Hall–Kier alpha value is -3.35. The van der Waals surface area contributed by atoms with Crippen LogP contribution in [0, 0.1) is 5.92 Å². The Labute approximate surface area is 194 Å². The van der Waals surface area contributed by atoms with Crippen molar-refractivity contribution >= 4 is 24.3 Å². The summed E-state index contributed by atoms with van der Waals surface area (Å²) in [6.45, 7) is 4.81. The van der Waals surface area contributed by atoms with E-state index in [1.54, 1.807) is 12.2 Å². The molecule has 0 radical (unpaired) electrons. The normalized spacial score (nSPS) is 12.9. The fraction of sp³-hybridized carbons (Fsp3) is 0.222. The number of hydrogen-bond donors (Lipinski definition) is 0. The summed E-state index contributed by atoms with van der Waals surface area (Å²) < 4.78 is 78.7. The summed E-state index contributed by atoms with van der Waals surface area (Å²) in [7, 11) is 0. The second kappa shape index (κ2) is 10.3. The first-order valence-corrected chi connectivity index (χ1v) is 10.7. The standard InChI is InChI=1S/C27H24F6N/c1-19(2)18-34-24(16-10-20-6-12-22(13-7-20)26(28,29)30)4-3-5-25(34)17-11-21-8-14-23(15-9-21)27(31,32)33/h3-17,19H,18H2,1-2H3/q+1/b16-10+,17-11+. The van der Waals surface area contributed by atoms with Crippen LogP contribution in [0.4, 0.5) is 26.3 Å². The molecule has 0 saturated heterocycles. The highest BCUT2D eigenvalue weighted by atomic mass is 19.4. The van der Waals surface area contributed by atoms with Crippen LogP contribution in [0.1, 0.15) is 47.5 Å². The van der Waals surface area contributed by atoms with Crippen LogP contribution in [0.2, 0.25) is 0 Å². The molecule has 7 heteroatoms. The van der Waals surface area contributed by atoms with Crippen molar-refractivity contribution in [2.45, 2.75) is 32.7 Å². The van der Waals surface area contributed by atoms with E-state index in [1.807, 2.05) is 30.4 Å². The van der Waals surface area contributed by atoms with Crippen LogP contribution in [0.5, 0.6) is 0 Å². The van der Waals surface area contributed by atoms with E-state index < -0.39 is 23.5 Å². The number of aromatic nitrogens is 1. The molecule has 0 unspecified atom stereocenters. The van der Waals surface area contributed by atoms with Gasteiger partial charge in [0.1, 0.15) is 0 Å². The number of halogens is 6. The Bertz CT molecular complexity index is 1070. The van der Waals surface area contributed by atoms with E-state index in [2.05, 4.69) is 18.4 Å². The third kappa shape index (κ3) is 6.83. The van der Waals surface area contributed by atoms with E-state index in [0.29, 0.717) is 23.6 Å². The largest absolute Gasteiger partial charge is 0.416 e. The topological polar surface area (TPSA) is 3.88 Å². The molecule has 0 N–H and O–H groups in total. The molecule has 0 spiro atoms. The smallest absolute Gasteiger partial charge is 0.192 e. The first-order valence-electron chi connectivity index (χ1n) is 10.7. The van der Waals surface area contributed by atoms with E-state index in [4.69, 9.17) is 0 Å². The van der Waals surface area contributed by atoms with Crippen molar-refractivity contribution in [3.8, 4) is 0 Å². The lowest BCUT2D eigenvalue weighted by molar-refractivity contribution is -0.705. The summed E-state index contributed by atoms with van der Waals surface area (Å²) in [6, 6.07) is 15.5. The molecule has 3 rings (SSSR count). The second-order valence-electron chi connectivity index (χ2n) is 8.29. The zero-order chi connectivity index (χ0) is 24.9. The van der Waals surface area contributed by atoms with Crippen LogP contribution < -0.4 is 4.57 Å². The lowest BCUT2D eigenvalue weighted by atomic mass is 10.1. The van der Waals surface area contributed by atoms with Gasteiger partial charge in [-0.25, -0.2) is 0 Å². The quantitative estimate of drug-likeness (QED) is 0.251. The molecule has 2 aromatic carbocycles. The zero-order valence-electron chi connectivity index (χ0n) is 18.7. The Balaban J connectivity index is 1.88. The number of hydrogen-bond acceptors (Lipinski definition) is 0. The van der Waals surface area contributed by atoms with Gasteiger partial charge in [-0.3, -0.25) is 0 Å². The first kappa shape index (κ1) is 25.3. The molecule has 3 aromatic rings. The van der Waals surface area contributed by atoms with Gasteiger partial charge in [-0.2, -0.15) is 30.9 Å². The molecular weight excluding hydrogens is 452 g/mol. The number of rotatable bonds is 6. The van der Waals surface area contributed by atoms with Crippen molar-refractivity contribution in [2.24, 2.45) is 5.92 Å². The third-order valence-corrected chi connectivity index (χ3v) is 5.07. The van der Waals surface area contributed by atoms with Gasteiger partial charge in [0.2, 0.25) is 11.4 Å². The Morgan fingerprint density at radius 1 is 0.618 bits per heavy atom. The predicted molar refractivity (Wildman–Crippen MR) is 122 cm³/mol.